The molecule has 0 amide bonds. The Balaban J connectivity index is 1.87. The topological polar surface area (TPSA) is 17.1 Å². The molecule has 0 radical (unpaired) electrons. The van der Waals surface area contributed by atoms with Crippen LogP contribution in [0, 0.1) is 0 Å². The number of benzene rings is 3. The van der Waals surface area contributed by atoms with Crippen molar-refractivity contribution in [2.45, 2.75) is 10.6 Å². The standard InChI is InChI=1S/C17H12BrClOS/c18-15-5-3-14-10-17(8-4-13(14)9-15)21(20)11-12-1-6-16(19)7-2-12/h1-10H,11H2. The lowest BCUT2D eigenvalue weighted by Gasteiger charge is -2.05. The third kappa shape index (κ3) is 3.54. The van der Waals surface area contributed by atoms with Crippen LogP contribution in [0.1, 0.15) is 5.56 Å². The largest absolute Gasteiger partial charge is 0.254 e. The first-order valence-corrected chi connectivity index (χ1v) is 8.93. The quantitative estimate of drug-likeness (QED) is 0.582. The molecule has 0 spiro atoms. The van der Waals surface area contributed by atoms with Crippen LogP contribution in [-0.4, -0.2) is 4.21 Å². The summed E-state index contributed by atoms with van der Waals surface area (Å²) in [4.78, 5) is 0.847. The first-order valence-electron chi connectivity index (χ1n) is 6.44. The van der Waals surface area contributed by atoms with Gasteiger partial charge >= 0.3 is 0 Å². The number of hydrogen-bond acceptors (Lipinski definition) is 1. The Morgan fingerprint density at radius 1 is 0.905 bits per heavy atom. The molecule has 3 aromatic carbocycles. The third-order valence-corrected chi connectivity index (χ3v) is 5.37. The number of rotatable bonds is 3. The van der Waals surface area contributed by atoms with Gasteiger partial charge in [0.05, 0.1) is 16.6 Å². The van der Waals surface area contributed by atoms with Gasteiger partial charge in [-0.25, -0.2) is 0 Å². The monoisotopic (exact) mass is 378 g/mol. The molecule has 3 aromatic rings. The van der Waals surface area contributed by atoms with E-state index in [1.165, 1.54) is 0 Å². The lowest BCUT2D eigenvalue weighted by Crippen LogP contribution is -1.96. The van der Waals surface area contributed by atoms with Crippen molar-refractivity contribution in [1.29, 1.82) is 0 Å². The molecule has 106 valence electrons. The van der Waals surface area contributed by atoms with E-state index in [-0.39, 0.29) is 0 Å². The Hall–Kier alpha value is -1.16. The summed E-state index contributed by atoms with van der Waals surface area (Å²) >= 11 is 9.32. The van der Waals surface area contributed by atoms with Gasteiger partial charge in [-0.05, 0) is 52.7 Å². The first kappa shape index (κ1) is 14.8. The van der Waals surface area contributed by atoms with Crippen molar-refractivity contribution in [2.75, 3.05) is 0 Å². The van der Waals surface area contributed by atoms with Crippen molar-refractivity contribution in [1.82, 2.24) is 0 Å². The molecular formula is C17H12BrClOS. The predicted molar refractivity (Wildman–Crippen MR) is 93.2 cm³/mol. The Morgan fingerprint density at radius 2 is 1.57 bits per heavy atom. The Morgan fingerprint density at radius 3 is 2.33 bits per heavy atom. The fourth-order valence-corrected chi connectivity index (χ4v) is 3.80. The number of halogens is 2. The molecule has 0 aliphatic rings. The molecule has 0 bridgehead atoms. The smallest absolute Gasteiger partial charge is 0.0574 e. The molecule has 0 heterocycles. The van der Waals surface area contributed by atoms with E-state index in [9.17, 15) is 4.21 Å². The zero-order valence-electron chi connectivity index (χ0n) is 11.1. The van der Waals surface area contributed by atoms with Crippen LogP contribution >= 0.6 is 27.5 Å². The minimum Gasteiger partial charge on any atom is -0.254 e. The van der Waals surface area contributed by atoms with Crippen molar-refractivity contribution >= 4 is 49.1 Å². The average Bonchev–Trinajstić information content (AvgIpc) is 2.49. The highest BCUT2D eigenvalue weighted by atomic mass is 79.9. The SMILES string of the molecule is O=S(Cc1ccc(Cl)cc1)c1ccc2cc(Br)ccc2c1. The fourth-order valence-electron chi connectivity index (χ4n) is 2.15. The van der Waals surface area contributed by atoms with Gasteiger partial charge in [-0.2, -0.15) is 0 Å². The molecule has 0 saturated carbocycles. The van der Waals surface area contributed by atoms with E-state index in [1.807, 2.05) is 54.6 Å². The summed E-state index contributed by atoms with van der Waals surface area (Å²) in [6.07, 6.45) is 0. The summed E-state index contributed by atoms with van der Waals surface area (Å²) in [7, 11) is -1.06. The molecule has 0 saturated heterocycles. The van der Waals surface area contributed by atoms with Crippen molar-refractivity contribution in [3.05, 3.63) is 75.7 Å². The maximum absolute atomic E-state index is 12.5. The summed E-state index contributed by atoms with van der Waals surface area (Å²) in [5.74, 6) is 0.499. The highest BCUT2D eigenvalue weighted by molar-refractivity contribution is 9.10. The maximum atomic E-state index is 12.5. The van der Waals surface area contributed by atoms with Gasteiger partial charge in [0.15, 0.2) is 0 Å². The van der Waals surface area contributed by atoms with Crippen LogP contribution in [0.25, 0.3) is 10.8 Å². The molecule has 0 N–H and O–H groups in total. The highest BCUT2D eigenvalue weighted by Crippen LogP contribution is 2.23. The molecule has 0 aliphatic heterocycles. The number of hydrogen-bond donors (Lipinski definition) is 0. The molecule has 4 heteroatoms. The zero-order chi connectivity index (χ0) is 14.8. The third-order valence-electron chi connectivity index (χ3n) is 3.25. The minimum atomic E-state index is -1.06. The normalized spacial score (nSPS) is 12.5. The fraction of sp³-hybridized carbons (Fsp3) is 0.0588. The summed E-state index contributed by atoms with van der Waals surface area (Å²) in [5, 5.41) is 2.93. The molecule has 21 heavy (non-hydrogen) atoms. The highest BCUT2D eigenvalue weighted by Gasteiger charge is 2.06. The van der Waals surface area contributed by atoms with Gasteiger partial charge in [-0.3, -0.25) is 4.21 Å². The Labute approximate surface area is 139 Å². The van der Waals surface area contributed by atoms with E-state index < -0.39 is 10.8 Å². The van der Waals surface area contributed by atoms with Crippen molar-refractivity contribution < 1.29 is 4.21 Å². The van der Waals surface area contributed by atoms with Crippen LogP contribution in [0.3, 0.4) is 0 Å². The van der Waals surface area contributed by atoms with Gasteiger partial charge in [0, 0.05) is 14.4 Å². The second-order valence-corrected chi connectivity index (χ2v) is 7.57. The maximum Gasteiger partial charge on any atom is 0.0574 e. The molecule has 1 unspecified atom stereocenters. The van der Waals surface area contributed by atoms with Crippen molar-refractivity contribution in [2.24, 2.45) is 0 Å². The minimum absolute atomic E-state index is 0.499. The molecule has 0 aromatic heterocycles. The molecule has 3 rings (SSSR count). The van der Waals surface area contributed by atoms with Crippen LogP contribution in [0.5, 0.6) is 0 Å². The number of fused-ring (bicyclic) bond motifs is 1. The van der Waals surface area contributed by atoms with E-state index in [0.717, 1.165) is 25.7 Å². The summed E-state index contributed by atoms with van der Waals surface area (Å²) < 4.78 is 13.5. The van der Waals surface area contributed by atoms with E-state index >= 15 is 0 Å². The Bertz CT molecular complexity index is 815. The van der Waals surface area contributed by atoms with Crippen molar-refractivity contribution in [3.8, 4) is 0 Å². The lowest BCUT2D eigenvalue weighted by molar-refractivity contribution is 0.682. The van der Waals surface area contributed by atoms with E-state index in [2.05, 4.69) is 22.0 Å². The van der Waals surface area contributed by atoms with Crippen LogP contribution in [0.4, 0.5) is 0 Å². The lowest BCUT2D eigenvalue weighted by atomic mass is 10.1. The second-order valence-electron chi connectivity index (χ2n) is 4.77. The van der Waals surface area contributed by atoms with E-state index in [0.29, 0.717) is 10.8 Å². The Kier molecular flexibility index (Phi) is 4.43. The second kappa shape index (κ2) is 6.30. The van der Waals surface area contributed by atoms with E-state index in [4.69, 9.17) is 11.6 Å². The van der Waals surface area contributed by atoms with Gasteiger partial charge in [0.2, 0.25) is 0 Å². The predicted octanol–water partition coefficient (Wildman–Crippen LogP) is 5.56. The average molecular weight is 380 g/mol. The summed E-state index contributed by atoms with van der Waals surface area (Å²) in [6.45, 7) is 0. The van der Waals surface area contributed by atoms with Crippen LogP contribution in [-0.2, 0) is 16.6 Å². The van der Waals surface area contributed by atoms with Gasteiger partial charge < -0.3 is 0 Å². The zero-order valence-corrected chi connectivity index (χ0v) is 14.2. The molecule has 0 fully saturated rings. The summed E-state index contributed by atoms with van der Waals surface area (Å²) in [5.41, 5.74) is 1.02. The molecule has 0 aliphatic carbocycles. The summed E-state index contributed by atoms with van der Waals surface area (Å²) in [6, 6.07) is 19.5. The van der Waals surface area contributed by atoms with Crippen LogP contribution in [0.15, 0.2) is 70.0 Å². The molecule has 1 atom stereocenters. The molecule has 1 nitrogen and oxygen atoms in total. The van der Waals surface area contributed by atoms with Gasteiger partial charge in [0.1, 0.15) is 0 Å². The van der Waals surface area contributed by atoms with Gasteiger partial charge in [0.25, 0.3) is 0 Å². The van der Waals surface area contributed by atoms with Crippen molar-refractivity contribution in [3.63, 3.8) is 0 Å². The van der Waals surface area contributed by atoms with Gasteiger partial charge in [-0.15, -0.1) is 0 Å². The van der Waals surface area contributed by atoms with Gasteiger partial charge in [-0.1, -0.05) is 51.8 Å². The molecular weight excluding hydrogens is 368 g/mol. The van der Waals surface area contributed by atoms with Crippen LogP contribution < -0.4 is 0 Å². The van der Waals surface area contributed by atoms with Crippen LogP contribution in [0.2, 0.25) is 5.02 Å². The van der Waals surface area contributed by atoms with E-state index in [1.54, 1.807) is 0 Å². The first-order chi connectivity index (χ1) is 10.1.